The quantitative estimate of drug-likeness (QED) is 0.887. The third-order valence-electron chi connectivity index (χ3n) is 4.44. The van der Waals surface area contributed by atoms with Gasteiger partial charge in [0.25, 0.3) is 5.91 Å². The molecule has 0 radical (unpaired) electrons. The maximum absolute atomic E-state index is 14.0. The zero-order valence-electron chi connectivity index (χ0n) is 14.5. The van der Waals surface area contributed by atoms with E-state index in [0.29, 0.717) is 13.1 Å². The number of amides is 1. The van der Waals surface area contributed by atoms with Crippen LogP contribution in [0, 0.1) is 12.7 Å². The summed E-state index contributed by atoms with van der Waals surface area (Å²) in [5, 5.41) is 2.47. The molecule has 1 N–H and O–H groups in total. The molecule has 0 atom stereocenters. The highest BCUT2D eigenvalue weighted by Crippen LogP contribution is 2.25. The molecular weight excluding hydrogens is 355 g/mol. The van der Waals surface area contributed by atoms with Crippen molar-refractivity contribution in [2.45, 2.75) is 31.1 Å². The summed E-state index contributed by atoms with van der Waals surface area (Å²) < 4.78 is 41.3. The Morgan fingerprint density at radius 2 is 1.77 bits per heavy atom. The topological polar surface area (TPSA) is 66.5 Å². The largest absolute Gasteiger partial charge is 0.319 e. The Balaban J connectivity index is 1.92. The van der Waals surface area contributed by atoms with Crippen LogP contribution in [0.4, 0.5) is 10.1 Å². The molecular formula is C19H21FN2O3S. The Morgan fingerprint density at radius 1 is 1.08 bits per heavy atom. The zero-order valence-corrected chi connectivity index (χ0v) is 15.4. The van der Waals surface area contributed by atoms with Crippen LogP contribution in [-0.4, -0.2) is 31.7 Å². The van der Waals surface area contributed by atoms with Gasteiger partial charge in [0.2, 0.25) is 10.0 Å². The SMILES string of the molecule is Cc1ccc(NC(=O)c2ccccc2S(=O)(=O)N2CCCCC2)c(F)c1. The average molecular weight is 376 g/mol. The van der Waals surface area contributed by atoms with Gasteiger partial charge in [-0.25, -0.2) is 12.8 Å². The second-order valence-corrected chi connectivity index (χ2v) is 8.30. The molecule has 0 aliphatic carbocycles. The number of aryl methyl sites for hydroxylation is 1. The van der Waals surface area contributed by atoms with Gasteiger partial charge in [-0.2, -0.15) is 4.31 Å². The smallest absolute Gasteiger partial charge is 0.257 e. The molecule has 2 aromatic rings. The highest BCUT2D eigenvalue weighted by Gasteiger charge is 2.29. The number of piperidine rings is 1. The molecule has 1 saturated heterocycles. The van der Waals surface area contributed by atoms with Gasteiger partial charge in [0.1, 0.15) is 5.82 Å². The van der Waals surface area contributed by atoms with E-state index in [1.54, 1.807) is 25.1 Å². The van der Waals surface area contributed by atoms with Crippen molar-refractivity contribution in [3.63, 3.8) is 0 Å². The molecule has 0 saturated carbocycles. The van der Waals surface area contributed by atoms with Crippen LogP contribution in [0.25, 0.3) is 0 Å². The van der Waals surface area contributed by atoms with Gasteiger partial charge >= 0.3 is 0 Å². The first-order valence-corrected chi connectivity index (χ1v) is 10.0. The summed E-state index contributed by atoms with van der Waals surface area (Å²) in [5.74, 6) is -1.21. The molecule has 1 aliphatic heterocycles. The lowest BCUT2D eigenvalue weighted by Crippen LogP contribution is -2.36. The maximum Gasteiger partial charge on any atom is 0.257 e. The van der Waals surface area contributed by atoms with Crippen molar-refractivity contribution >= 4 is 21.6 Å². The Morgan fingerprint density at radius 3 is 2.46 bits per heavy atom. The van der Waals surface area contributed by atoms with Crippen LogP contribution in [0.2, 0.25) is 0 Å². The number of hydrogen-bond acceptors (Lipinski definition) is 3. The number of halogens is 1. The Kier molecular flexibility index (Phi) is 5.38. The maximum atomic E-state index is 14.0. The molecule has 0 aromatic heterocycles. The summed E-state index contributed by atoms with van der Waals surface area (Å²) in [5.41, 5.74) is 0.761. The third kappa shape index (κ3) is 3.78. The lowest BCUT2D eigenvalue weighted by Gasteiger charge is -2.26. The molecule has 1 heterocycles. The standard InChI is InChI=1S/C19H21FN2O3S/c1-14-9-10-17(16(20)13-14)21-19(23)15-7-3-4-8-18(15)26(24,25)22-11-5-2-6-12-22/h3-4,7-10,13H,2,5-6,11-12H2,1H3,(H,21,23). The predicted molar refractivity (Wildman–Crippen MR) is 98.1 cm³/mol. The first kappa shape index (κ1) is 18.5. The summed E-state index contributed by atoms with van der Waals surface area (Å²) in [6.07, 6.45) is 2.62. The highest BCUT2D eigenvalue weighted by atomic mass is 32.2. The predicted octanol–water partition coefficient (Wildman–Crippen LogP) is 3.56. The van der Waals surface area contributed by atoms with Crippen LogP contribution >= 0.6 is 0 Å². The molecule has 0 bridgehead atoms. The number of nitrogens with zero attached hydrogens (tertiary/aromatic N) is 1. The number of carbonyl (C=O) groups excluding carboxylic acids is 1. The molecule has 1 aliphatic rings. The molecule has 7 heteroatoms. The van der Waals surface area contributed by atoms with Crippen molar-refractivity contribution in [2.24, 2.45) is 0 Å². The number of nitrogens with one attached hydrogen (secondary N) is 1. The molecule has 2 aromatic carbocycles. The summed E-state index contributed by atoms with van der Waals surface area (Å²) in [7, 11) is -3.77. The van der Waals surface area contributed by atoms with Crippen molar-refractivity contribution in [2.75, 3.05) is 18.4 Å². The van der Waals surface area contributed by atoms with Gasteiger partial charge in [0.05, 0.1) is 16.1 Å². The van der Waals surface area contributed by atoms with E-state index in [1.165, 1.54) is 28.6 Å². The van der Waals surface area contributed by atoms with E-state index in [4.69, 9.17) is 0 Å². The van der Waals surface area contributed by atoms with Crippen molar-refractivity contribution in [3.8, 4) is 0 Å². The second-order valence-electron chi connectivity index (χ2n) is 6.40. The van der Waals surface area contributed by atoms with E-state index < -0.39 is 21.7 Å². The minimum atomic E-state index is -3.77. The molecule has 1 fully saturated rings. The Bertz CT molecular complexity index is 922. The van der Waals surface area contributed by atoms with E-state index in [0.717, 1.165) is 24.8 Å². The Labute approximate surface area is 152 Å². The number of carbonyl (C=O) groups is 1. The van der Waals surface area contributed by atoms with Crippen LogP contribution in [0.15, 0.2) is 47.4 Å². The molecule has 5 nitrogen and oxygen atoms in total. The van der Waals surface area contributed by atoms with E-state index in [-0.39, 0.29) is 16.1 Å². The van der Waals surface area contributed by atoms with Crippen LogP contribution < -0.4 is 5.32 Å². The van der Waals surface area contributed by atoms with Crippen molar-refractivity contribution in [1.82, 2.24) is 4.31 Å². The lowest BCUT2D eigenvalue weighted by molar-refractivity contribution is 0.102. The fourth-order valence-electron chi connectivity index (χ4n) is 3.03. The molecule has 1 amide bonds. The normalized spacial score (nSPS) is 15.6. The first-order chi connectivity index (χ1) is 12.4. The Hall–Kier alpha value is -2.25. The summed E-state index contributed by atoms with van der Waals surface area (Å²) >= 11 is 0. The van der Waals surface area contributed by atoms with Gasteiger partial charge in [0, 0.05) is 13.1 Å². The van der Waals surface area contributed by atoms with Gasteiger partial charge in [0.15, 0.2) is 0 Å². The van der Waals surface area contributed by atoms with Crippen LogP contribution in [-0.2, 0) is 10.0 Å². The molecule has 26 heavy (non-hydrogen) atoms. The number of anilines is 1. The van der Waals surface area contributed by atoms with Crippen molar-refractivity contribution in [3.05, 3.63) is 59.4 Å². The fourth-order valence-corrected chi connectivity index (χ4v) is 4.74. The summed E-state index contributed by atoms with van der Waals surface area (Å²) in [6.45, 7) is 2.64. The number of sulfonamides is 1. The van der Waals surface area contributed by atoms with E-state index in [2.05, 4.69) is 5.32 Å². The highest BCUT2D eigenvalue weighted by molar-refractivity contribution is 7.89. The first-order valence-electron chi connectivity index (χ1n) is 8.56. The number of benzene rings is 2. The van der Waals surface area contributed by atoms with Gasteiger partial charge in [-0.05, 0) is 49.6 Å². The van der Waals surface area contributed by atoms with E-state index >= 15 is 0 Å². The zero-order chi connectivity index (χ0) is 18.7. The van der Waals surface area contributed by atoms with Crippen LogP contribution in [0.1, 0.15) is 35.2 Å². The molecule has 0 unspecified atom stereocenters. The minimum absolute atomic E-state index is 0.0121. The average Bonchev–Trinajstić information content (AvgIpc) is 2.64. The fraction of sp³-hybridized carbons (Fsp3) is 0.316. The van der Waals surface area contributed by atoms with Gasteiger partial charge in [-0.15, -0.1) is 0 Å². The number of hydrogen-bond donors (Lipinski definition) is 1. The van der Waals surface area contributed by atoms with Crippen LogP contribution in [0.5, 0.6) is 0 Å². The monoisotopic (exact) mass is 376 g/mol. The van der Waals surface area contributed by atoms with E-state index in [1.807, 2.05) is 0 Å². The van der Waals surface area contributed by atoms with Gasteiger partial charge < -0.3 is 5.32 Å². The minimum Gasteiger partial charge on any atom is -0.319 e. The van der Waals surface area contributed by atoms with Gasteiger partial charge in [-0.1, -0.05) is 24.6 Å². The third-order valence-corrected chi connectivity index (χ3v) is 6.39. The van der Waals surface area contributed by atoms with Crippen molar-refractivity contribution < 1.29 is 17.6 Å². The molecule has 138 valence electrons. The van der Waals surface area contributed by atoms with Crippen LogP contribution in [0.3, 0.4) is 0 Å². The summed E-state index contributed by atoms with van der Waals surface area (Å²) in [4.78, 5) is 12.6. The van der Waals surface area contributed by atoms with Gasteiger partial charge in [-0.3, -0.25) is 4.79 Å². The molecule has 3 rings (SSSR count). The van der Waals surface area contributed by atoms with Crippen molar-refractivity contribution in [1.29, 1.82) is 0 Å². The lowest BCUT2D eigenvalue weighted by atomic mass is 10.2. The molecule has 0 spiro atoms. The summed E-state index contributed by atoms with van der Waals surface area (Å²) in [6, 6.07) is 10.5. The van der Waals surface area contributed by atoms with E-state index in [9.17, 15) is 17.6 Å². The second kappa shape index (κ2) is 7.55. The number of rotatable bonds is 4.